The normalized spacial score (nSPS) is 13.0. The highest BCUT2D eigenvalue weighted by molar-refractivity contribution is 6.21. The fourth-order valence-electron chi connectivity index (χ4n) is 9.42. The van der Waals surface area contributed by atoms with E-state index in [4.69, 9.17) is 0 Å². The average Bonchev–Trinajstić information content (AvgIpc) is 3.56. The number of hydrogen-bond acceptors (Lipinski definition) is 0. The van der Waals surface area contributed by atoms with Crippen molar-refractivity contribution in [1.82, 2.24) is 4.57 Å². The van der Waals surface area contributed by atoms with Gasteiger partial charge >= 0.3 is 0 Å². The van der Waals surface area contributed by atoms with Crippen LogP contribution in [0.2, 0.25) is 0 Å². The van der Waals surface area contributed by atoms with Crippen molar-refractivity contribution < 1.29 is 0 Å². The number of hydrogen-bond donors (Lipinski definition) is 0. The SMILES string of the molecule is c1cc2c(c(-c3c4ccccc4c(-c4ccc(-n5c6ccccc6c6cc(-c7cccc8ccccc78)ccc65)cc4)c4ccccc34)c1)CCCC2. The third-order valence-corrected chi connectivity index (χ3v) is 11.8. The van der Waals surface area contributed by atoms with Crippen molar-refractivity contribution in [2.24, 2.45) is 0 Å². The second-order valence-electron chi connectivity index (χ2n) is 14.6. The van der Waals surface area contributed by atoms with Crippen LogP contribution in [0.1, 0.15) is 24.0 Å². The third-order valence-electron chi connectivity index (χ3n) is 11.8. The second-order valence-corrected chi connectivity index (χ2v) is 14.6. The number of benzene rings is 9. The average molecular weight is 676 g/mol. The van der Waals surface area contributed by atoms with Crippen molar-refractivity contribution in [2.75, 3.05) is 0 Å². The third kappa shape index (κ3) is 4.70. The van der Waals surface area contributed by atoms with E-state index in [1.165, 1.54) is 118 Å². The number of rotatable bonds is 4. The van der Waals surface area contributed by atoms with Crippen molar-refractivity contribution in [3.05, 3.63) is 187 Å². The molecule has 0 atom stereocenters. The second kappa shape index (κ2) is 12.1. The molecule has 0 unspecified atom stereocenters. The molecule has 0 aliphatic heterocycles. The van der Waals surface area contributed by atoms with E-state index in [0.29, 0.717) is 0 Å². The van der Waals surface area contributed by atoms with Gasteiger partial charge in [0.1, 0.15) is 0 Å². The molecule has 0 N–H and O–H groups in total. The van der Waals surface area contributed by atoms with Gasteiger partial charge in [-0.25, -0.2) is 0 Å². The van der Waals surface area contributed by atoms with E-state index in [1.54, 1.807) is 5.56 Å². The standard InChI is InChI=1S/C52H37N/c1-3-17-39-34(13-1)15-11-24-41(39)37-29-32-50-48(33-37)42-19-9-10-26-49(42)53(50)38-30-27-36(28-31-38)51-44-20-5-7-22-46(44)52(47-23-8-6-21-45(47)51)43-25-12-16-35-14-2-4-18-40(35)43/h1,3,5-13,15-17,19-33H,2,4,14,18H2. The van der Waals surface area contributed by atoms with Gasteiger partial charge in [-0.3, -0.25) is 0 Å². The van der Waals surface area contributed by atoms with E-state index in [9.17, 15) is 0 Å². The molecule has 1 heterocycles. The minimum Gasteiger partial charge on any atom is -0.309 e. The van der Waals surface area contributed by atoms with Gasteiger partial charge in [0.25, 0.3) is 0 Å². The van der Waals surface area contributed by atoms with E-state index < -0.39 is 0 Å². The molecule has 53 heavy (non-hydrogen) atoms. The lowest BCUT2D eigenvalue weighted by molar-refractivity contribution is 0.687. The van der Waals surface area contributed by atoms with E-state index in [0.717, 1.165) is 6.42 Å². The fraction of sp³-hybridized carbons (Fsp3) is 0.0769. The highest BCUT2D eigenvalue weighted by Gasteiger charge is 2.21. The van der Waals surface area contributed by atoms with Crippen molar-refractivity contribution in [1.29, 1.82) is 0 Å². The first-order valence-corrected chi connectivity index (χ1v) is 19.0. The van der Waals surface area contributed by atoms with Crippen LogP contribution in [-0.2, 0) is 12.8 Å². The summed E-state index contributed by atoms with van der Waals surface area (Å²) in [6, 6.07) is 65.5. The summed E-state index contributed by atoms with van der Waals surface area (Å²) < 4.78 is 2.43. The van der Waals surface area contributed by atoms with Crippen LogP contribution in [0.4, 0.5) is 0 Å². The largest absolute Gasteiger partial charge is 0.309 e. The maximum Gasteiger partial charge on any atom is 0.0541 e. The Hall–Kier alpha value is -6.44. The summed E-state index contributed by atoms with van der Waals surface area (Å²) in [6.07, 6.45) is 4.89. The first-order chi connectivity index (χ1) is 26.3. The number of aryl methyl sites for hydroxylation is 1. The van der Waals surface area contributed by atoms with Crippen molar-refractivity contribution >= 4 is 54.1 Å². The van der Waals surface area contributed by atoms with Crippen molar-refractivity contribution in [3.8, 4) is 39.1 Å². The highest BCUT2D eigenvalue weighted by Crippen LogP contribution is 2.46. The van der Waals surface area contributed by atoms with Gasteiger partial charge in [-0.1, -0.05) is 146 Å². The van der Waals surface area contributed by atoms with E-state index in [-0.39, 0.29) is 0 Å². The van der Waals surface area contributed by atoms with Gasteiger partial charge in [0.05, 0.1) is 11.0 Å². The van der Waals surface area contributed by atoms with Gasteiger partial charge in [-0.05, 0) is 133 Å². The molecule has 0 bridgehead atoms. The monoisotopic (exact) mass is 675 g/mol. The van der Waals surface area contributed by atoms with Crippen LogP contribution < -0.4 is 0 Å². The zero-order valence-electron chi connectivity index (χ0n) is 29.5. The maximum atomic E-state index is 2.43. The summed E-state index contributed by atoms with van der Waals surface area (Å²) in [6.45, 7) is 0. The minimum atomic E-state index is 1.16. The molecule has 1 nitrogen and oxygen atoms in total. The van der Waals surface area contributed by atoms with Crippen LogP contribution in [0.5, 0.6) is 0 Å². The Balaban J connectivity index is 1.08. The maximum absolute atomic E-state index is 2.43. The lowest BCUT2D eigenvalue weighted by Crippen LogP contribution is -2.04. The summed E-state index contributed by atoms with van der Waals surface area (Å²) in [5.41, 5.74) is 14.5. The summed E-state index contributed by atoms with van der Waals surface area (Å²) in [7, 11) is 0. The Morgan fingerprint density at radius 2 is 0.925 bits per heavy atom. The molecule has 0 spiro atoms. The van der Waals surface area contributed by atoms with Gasteiger partial charge in [0.15, 0.2) is 0 Å². The Kier molecular flexibility index (Phi) is 6.88. The molecule has 1 aliphatic carbocycles. The van der Waals surface area contributed by atoms with E-state index >= 15 is 0 Å². The zero-order valence-corrected chi connectivity index (χ0v) is 29.5. The molecule has 1 heteroatoms. The van der Waals surface area contributed by atoms with Crippen LogP contribution in [0.15, 0.2) is 176 Å². The Morgan fingerprint density at radius 1 is 0.358 bits per heavy atom. The molecule has 0 fully saturated rings. The lowest BCUT2D eigenvalue weighted by atomic mass is 9.81. The molecule has 9 aromatic carbocycles. The lowest BCUT2D eigenvalue weighted by Gasteiger charge is -2.23. The van der Waals surface area contributed by atoms with Crippen LogP contribution in [0, 0.1) is 0 Å². The van der Waals surface area contributed by atoms with Gasteiger partial charge in [0.2, 0.25) is 0 Å². The van der Waals surface area contributed by atoms with Gasteiger partial charge in [-0.15, -0.1) is 0 Å². The van der Waals surface area contributed by atoms with Crippen LogP contribution >= 0.6 is 0 Å². The molecule has 0 radical (unpaired) electrons. The molecular formula is C52H37N. The van der Waals surface area contributed by atoms with E-state index in [2.05, 4.69) is 180 Å². The van der Waals surface area contributed by atoms with Gasteiger partial charge in [0, 0.05) is 16.5 Å². The molecule has 10 aromatic rings. The van der Waals surface area contributed by atoms with Gasteiger partial charge < -0.3 is 4.57 Å². The topological polar surface area (TPSA) is 4.93 Å². The predicted molar refractivity (Wildman–Crippen MR) is 226 cm³/mol. The Morgan fingerprint density at radius 3 is 1.70 bits per heavy atom. The van der Waals surface area contributed by atoms with E-state index in [1.807, 2.05) is 0 Å². The molecule has 0 amide bonds. The number of aromatic nitrogens is 1. The summed E-state index contributed by atoms with van der Waals surface area (Å²) in [4.78, 5) is 0. The van der Waals surface area contributed by atoms with Gasteiger partial charge in [-0.2, -0.15) is 0 Å². The summed E-state index contributed by atoms with van der Waals surface area (Å²) >= 11 is 0. The molecule has 0 saturated carbocycles. The predicted octanol–water partition coefficient (Wildman–Crippen LogP) is 14.1. The molecule has 1 aromatic heterocycles. The van der Waals surface area contributed by atoms with Crippen molar-refractivity contribution in [2.45, 2.75) is 25.7 Å². The quantitative estimate of drug-likeness (QED) is 0.164. The molecule has 250 valence electrons. The van der Waals surface area contributed by atoms with Crippen LogP contribution in [0.25, 0.3) is 93.2 Å². The fourth-order valence-corrected chi connectivity index (χ4v) is 9.42. The summed E-state index contributed by atoms with van der Waals surface area (Å²) in [5, 5.41) is 10.4. The number of fused-ring (bicyclic) bond motifs is 7. The number of para-hydroxylation sites is 1. The highest BCUT2D eigenvalue weighted by atomic mass is 15.0. The number of nitrogens with zero attached hydrogens (tertiary/aromatic N) is 1. The van der Waals surface area contributed by atoms with Crippen LogP contribution in [0.3, 0.4) is 0 Å². The first-order valence-electron chi connectivity index (χ1n) is 19.0. The molecule has 1 aliphatic rings. The molecule has 11 rings (SSSR count). The zero-order chi connectivity index (χ0) is 34.9. The smallest absolute Gasteiger partial charge is 0.0541 e. The summed E-state index contributed by atoms with van der Waals surface area (Å²) in [5.74, 6) is 0. The minimum absolute atomic E-state index is 1.16. The Labute approximate surface area is 309 Å². The van der Waals surface area contributed by atoms with Crippen LogP contribution in [-0.4, -0.2) is 4.57 Å². The Bertz CT molecular complexity index is 2990. The first kappa shape index (κ1) is 30.2. The molecule has 0 saturated heterocycles. The van der Waals surface area contributed by atoms with Crippen molar-refractivity contribution in [3.63, 3.8) is 0 Å². The molecular weight excluding hydrogens is 639 g/mol.